The third-order valence-electron chi connectivity index (χ3n) is 6.97. The number of hydrogen-bond acceptors (Lipinski definition) is 4. The molecule has 2 heterocycles. The van der Waals surface area contributed by atoms with E-state index in [1.54, 1.807) is 0 Å². The normalized spacial score (nSPS) is 23.1. The van der Waals surface area contributed by atoms with Crippen LogP contribution in [-0.4, -0.2) is 47.1 Å². The Kier molecular flexibility index (Phi) is 5.71. The lowest BCUT2D eigenvalue weighted by Gasteiger charge is -2.42. The van der Waals surface area contributed by atoms with Gasteiger partial charge in [-0.15, -0.1) is 0 Å². The van der Waals surface area contributed by atoms with Gasteiger partial charge in [0.05, 0.1) is 0 Å². The van der Waals surface area contributed by atoms with Crippen molar-refractivity contribution < 1.29 is 9.67 Å². The molecule has 2 aliphatic rings. The van der Waals surface area contributed by atoms with Crippen molar-refractivity contribution in [1.29, 1.82) is 0 Å². The minimum atomic E-state index is -3.06. The zero-order valence-electron chi connectivity index (χ0n) is 18.5. The number of para-hydroxylation sites is 1. The first-order valence-electron chi connectivity index (χ1n) is 11.5. The van der Waals surface area contributed by atoms with Gasteiger partial charge >= 0.3 is 0 Å². The van der Waals surface area contributed by atoms with Crippen molar-refractivity contribution in [3.63, 3.8) is 0 Å². The highest BCUT2D eigenvalue weighted by Gasteiger charge is 2.52. The Morgan fingerprint density at radius 1 is 0.906 bits per heavy atom. The van der Waals surface area contributed by atoms with Crippen molar-refractivity contribution in [2.75, 3.05) is 24.2 Å². The molecule has 0 spiro atoms. The minimum absolute atomic E-state index is 0.200. The van der Waals surface area contributed by atoms with Gasteiger partial charge in [-0.05, 0) is 31.9 Å². The SMILES string of the molecule is C[C@](O)(CP(=O)(c1ccccc1)c1ccccc1)[C@H]1N(c2ccccc2)C[C@@H]2CCCN21. The molecule has 4 nitrogen and oxygen atoms in total. The molecule has 166 valence electrons. The van der Waals surface area contributed by atoms with E-state index in [0.717, 1.165) is 42.2 Å². The Labute approximate surface area is 190 Å². The van der Waals surface area contributed by atoms with Crippen LogP contribution in [0, 0.1) is 0 Å². The van der Waals surface area contributed by atoms with E-state index < -0.39 is 12.7 Å². The number of hydrogen-bond donors (Lipinski definition) is 1. The summed E-state index contributed by atoms with van der Waals surface area (Å²) in [5.74, 6) is 0. The van der Waals surface area contributed by atoms with Gasteiger partial charge in [0.25, 0.3) is 0 Å². The molecule has 0 aliphatic carbocycles. The summed E-state index contributed by atoms with van der Waals surface area (Å²) in [5.41, 5.74) is -0.0581. The molecule has 2 saturated heterocycles. The number of aliphatic hydroxyl groups is 1. The monoisotopic (exact) mass is 446 g/mol. The van der Waals surface area contributed by atoms with Crippen LogP contribution in [0.2, 0.25) is 0 Å². The molecular weight excluding hydrogens is 415 g/mol. The predicted molar refractivity (Wildman–Crippen MR) is 133 cm³/mol. The molecule has 0 unspecified atom stereocenters. The molecule has 3 aromatic rings. The second-order valence-corrected chi connectivity index (χ2v) is 12.1. The van der Waals surface area contributed by atoms with Gasteiger partial charge in [0, 0.05) is 41.6 Å². The molecule has 2 aliphatic heterocycles. The van der Waals surface area contributed by atoms with E-state index in [-0.39, 0.29) is 12.3 Å². The highest BCUT2D eigenvalue weighted by Crippen LogP contribution is 2.49. The van der Waals surface area contributed by atoms with Gasteiger partial charge in [-0.1, -0.05) is 78.9 Å². The smallest absolute Gasteiger partial charge is 0.146 e. The van der Waals surface area contributed by atoms with Crippen molar-refractivity contribution in [3.8, 4) is 0 Å². The molecule has 0 saturated carbocycles. The van der Waals surface area contributed by atoms with E-state index in [9.17, 15) is 9.67 Å². The quantitative estimate of drug-likeness (QED) is 0.580. The summed E-state index contributed by atoms with van der Waals surface area (Å²) in [6.07, 6.45) is 2.28. The Bertz CT molecular complexity index is 1040. The van der Waals surface area contributed by atoms with E-state index in [2.05, 4.69) is 21.9 Å². The molecule has 3 aromatic carbocycles. The average Bonchev–Trinajstić information content (AvgIpc) is 3.42. The summed E-state index contributed by atoms with van der Waals surface area (Å²) in [6, 6.07) is 30.1. The second kappa shape index (κ2) is 8.51. The van der Waals surface area contributed by atoms with Crippen LogP contribution in [0.15, 0.2) is 91.0 Å². The molecule has 0 bridgehead atoms. The van der Waals surface area contributed by atoms with E-state index >= 15 is 0 Å². The lowest BCUT2D eigenvalue weighted by Crippen LogP contribution is -2.57. The first-order chi connectivity index (χ1) is 15.5. The molecule has 3 atom stereocenters. The van der Waals surface area contributed by atoms with Gasteiger partial charge < -0.3 is 14.6 Å². The molecule has 0 amide bonds. The molecule has 32 heavy (non-hydrogen) atoms. The topological polar surface area (TPSA) is 43.8 Å². The lowest BCUT2D eigenvalue weighted by molar-refractivity contribution is 0.000132. The fourth-order valence-corrected chi connectivity index (χ4v) is 8.68. The van der Waals surface area contributed by atoms with Crippen LogP contribution in [0.5, 0.6) is 0 Å². The molecule has 1 N–H and O–H groups in total. The van der Waals surface area contributed by atoms with E-state index in [1.807, 2.05) is 85.8 Å². The zero-order chi connectivity index (χ0) is 22.2. The Morgan fingerprint density at radius 3 is 2.00 bits per heavy atom. The van der Waals surface area contributed by atoms with Crippen molar-refractivity contribution in [3.05, 3.63) is 91.0 Å². The average molecular weight is 447 g/mol. The van der Waals surface area contributed by atoms with Crippen LogP contribution >= 0.6 is 7.14 Å². The van der Waals surface area contributed by atoms with Crippen LogP contribution in [0.3, 0.4) is 0 Å². The van der Waals surface area contributed by atoms with E-state index in [0.29, 0.717) is 6.04 Å². The second-order valence-electron chi connectivity index (χ2n) is 9.32. The van der Waals surface area contributed by atoms with Gasteiger partial charge in [-0.25, -0.2) is 0 Å². The highest BCUT2D eigenvalue weighted by atomic mass is 31.2. The van der Waals surface area contributed by atoms with Crippen molar-refractivity contribution in [2.24, 2.45) is 0 Å². The van der Waals surface area contributed by atoms with E-state index in [4.69, 9.17) is 0 Å². The maximum Gasteiger partial charge on any atom is 0.146 e. The summed E-state index contributed by atoms with van der Waals surface area (Å²) < 4.78 is 14.7. The first-order valence-corrected chi connectivity index (χ1v) is 13.4. The Balaban J connectivity index is 1.56. The van der Waals surface area contributed by atoms with Crippen LogP contribution in [0.4, 0.5) is 5.69 Å². The van der Waals surface area contributed by atoms with Crippen molar-refractivity contribution in [2.45, 2.75) is 37.6 Å². The number of rotatable bonds is 6. The summed E-state index contributed by atoms with van der Waals surface area (Å²) in [5, 5.41) is 13.7. The van der Waals surface area contributed by atoms with Gasteiger partial charge in [0.2, 0.25) is 0 Å². The number of benzene rings is 3. The largest absolute Gasteiger partial charge is 0.386 e. The standard InChI is InChI=1S/C27H31N2O2P/c1-27(30,21-32(31,24-15-7-3-8-16-24)25-17-9-4-10-18-25)26-28-19-11-14-23(28)20-29(26)22-12-5-2-6-13-22/h2-10,12-13,15-18,23,26,30H,11,14,19-21H2,1H3/t23-,26+,27-/m0/s1. The van der Waals surface area contributed by atoms with Crippen molar-refractivity contribution >= 4 is 23.4 Å². The molecule has 2 fully saturated rings. The third kappa shape index (κ3) is 3.81. The fourth-order valence-electron chi connectivity index (χ4n) is 5.64. The number of anilines is 1. The van der Waals surface area contributed by atoms with Crippen molar-refractivity contribution in [1.82, 2.24) is 4.90 Å². The van der Waals surface area contributed by atoms with Crippen LogP contribution in [0.25, 0.3) is 0 Å². The zero-order valence-corrected chi connectivity index (χ0v) is 19.4. The predicted octanol–water partition coefficient (Wildman–Crippen LogP) is 4.06. The van der Waals surface area contributed by atoms with Gasteiger partial charge in [0.1, 0.15) is 18.9 Å². The van der Waals surface area contributed by atoms with Crippen LogP contribution < -0.4 is 15.5 Å². The molecule has 5 rings (SSSR count). The number of nitrogens with zero attached hydrogens (tertiary/aromatic N) is 2. The Hall–Kier alpha value is -2.39. The van der Waals surface area contributed by atoms with Gasteiger partial charge in [-0.2, -0.15) is 0 Å². The van der Waals surface area contributed by atoms with Crippen LogP contribution in [0.1, 0.15) is 19.8 Å². The summed E-state index contributed by atoms with van der Waals surface area (Å²) in [7, 11) is -3.06. The van der Waals surface area contributed by atoms with Crippen LogP contribution in [-0.2, 0) is 4.57 Å². The molecule has 5 heteroatoms. The molecular formula is C27H31N2O2P. The first kappa shape index (κ1) is 21.5. The summed E-state index contributed by atoms with van der Waals surface area (Å²) >= 11 is 0. The highest BCUT2D eigenvalue weighted by molar-refractivity contribution is 7.78. The minimum Gasteiger partial charge on any atom is -0.386 e. The van der Waals surface area contributed by atoms with Gasteiger partial charge in [-0.3, -0.25) is 4.90 Å². The van der Waals surface area contributed by atoms with E-state index in [1.165, 1.54) is 0 Å². The summed E-state index contributed by atoms with van der Waals surface area (Å²) in [4.78, 5) is 4.76. The number of fused-ring (bicyclic) bond motifs is 1. The fraction of sp³-hybridized carbons (Fsp3) is 0.333. The molecule has 0 aromatic heterocycles. The maximum atomic E-state index is 14.7. The Morgan fingerprint density at radius 2 is 1.44 bits per heavy atom. The summed E-state index contributed by atoms with van der Waals surface area (Å²) in [6.45, 7) is 3.74. The molecule has 0 radical (unpaired) electrons. The van der Waals surface area contributed by atoms with Gasteiger partial charge in [0.15, 0.2) is 0 Å². The third-order valence-corrected chi connectivity index (χ3v) is 10.3. The lowest BCUT2D eigenvalue weighted by atomic mass is 10.0. The maximum absolute atomic E-state index is 14.7.